The maximum Gasteiger partial charge on any atom is 0.116 e. The zero-order chi connectivity index (χ0) is 14.4. The molecule has 0 bridgehead atoms. The van der Waals surface area contributed by atoms with E-state index >= 15 is 0 Å². The van der Waals surface area contributed by atoms with Gasteiger partial charge in [-0.25, -0.2) is 9.97 Å². The fourth-order valence-electron chi connectivity index (χ4n) is 3.94. The van der Waals surface area contributed by atoms with Crippen molar-refractivity contribution in [2.24, 2.45) is 14.1 Å². The summed E-state index contributed by atoms with van der Waals surface area (Å²) in [4.78, 5) is 9.81. The van der Waals surface area contributed by atoms with Crippen LogP contribution in [0.3, 0.4) is 0 Å². The number of imidazole rings is 2. The van der Waals surface area contributed by atoms with E-state index in [1.807, 2.05) is 0 Å². The lowest BCUT2D eigenvalue weighted by Crippen LogP contribution is -2.09. The highest BCUT2D eigenvalue weighted by molar-refractivity contribution is 5.25. The fraction of sp³-hybridized carbons (Fsp3) is 0.647. The molecule has 0 radical (unpaired) electrons. The Balaban J connectivity index is 1.67. The van der Waals surface area contributed by atoms with Crippen LogP contribution >= 0.6 is 0 Å². The van der Waals surface area contributed by atoms with Crippen molar-refractivity contribution in [1.29, 1.82) is 0 Å². The summed E-state index contributed by atoms with van der Waals surface area (Å²) in [6.45, 7) is 0. The van der Waals surface area contributed by atoms with Gasteiger partial charge in [-0.05, 0) is 51.4 Å². The molecule has 0 saturated heterocycles. The summed E-state index contributed by atoms with van der Waals surface area (Å²) in [5, 5.41) is 0. The third kappa shape index (κ3) is 2.12. The Morgan fingerprint density at radius 1 is 0.714 bits per heavy atom. The average Bonchev–Trinajstić information content (AvgIpc) is 2.99. The van der Waals surface area contributed by atoms with Gasteiger partial charge in [0.25, 0.3) is 0 Å². The lowest BCUT2D eigenvalue weighted by molar-refractivity contribution is 0.635. The number of fused-ring (bicyclic) bond motifs is 2. The third-order valence-corrected chi connectivity index (χ3v) is 5.25. The van der Waals surface area contributed by atoms with Gasteiger partial charge in [0.15, 0.2) is 0 Å². The van der Waals surface area contributed by atoms with Crippen LogP contribution in [-0.2, 0) is 46.2 Å². The molecule has 2 aliphatic carbocycles. The first kappa shape index (κ1) is 13.1. The molecule has 0 amide bonds. The fourth-order valence-corrected chi connectivity index (χ4v) is 3.94. The first-order valence-corrected chi connectivity index (χ1v) is 8.30. The van der Waals surface area contributed by atoms with E-state index in [0.29, 0.717) is 0 Å². The van der Waals surface area contributed by atoms with Crippen molar-refractivity contribution in [2.75, 3.05) is 0 Å². The van der Waals surface area contributed by atoms with Gasteiger partial charge >= 0.3 is 0 Å². The highest BCUT2D eigenvalue weighted by Crippen LogP contribution is 2.25. The second kappa shape index (κ2) is 5.00. The van der Waals surface area contributed by atoms with E-state index in [4.69, 9.17) is 9.97 Å². The number of aryl methyl sites for hydroxylation is 2. The number of hydrogen-bond acceptors (Lipinski definition) is 2. The molecule has 4 heteroatoms. The van der Waals surface area contributed by atoms with Gasteiger partial charge in [-0.1, -0.05) is 0 Å². The van der Waals surface area contributed by atoms with Gasteiger partial charge in [0, 0.05) is 25.5 Å². The first-order valence-electron chi connectivity index (χ1n) is 8.30. The van der Waals surface area contributed by atoms with E-state index < -0.39 is 0 Å². The SMILES string of the molecule is Cn1c(Cc2nc3c(n2C)CCCC3)nc2c1CCCC2. The topological polar surface area (TPSA) is 35.6 Å². The second-order valence-corrected chi connectivity index (χ2v) is 6.55. The lowest BCUT2D eigenvalue weighted by atomic mass is 10.0. The normalized spacial score (nSPS) is 17.6. The van der Waals surface area contributed by atoms with Crippen molar-refractivity contribution >= 4 is 0 Å². The first-order chi connectivity index (χ1) is 10.2. The maximum atomic E-state index is 4.90. The zero-order valence-corrected chi connectivity index (χ0v) is 13.2. The van der Waals surface area contributed by atoms with Crippen molar-refractivity contribution in [3.8, 4) is 0 Å². The van der Waals surface area contributed by atoms with E-state index in [1.165, 1.54) is 72.9 Å². The van der Waals surface area contributed by atoms with Gasteiger partial charge in [0.05, 0.1) is 17.8 Å². The minimum absolute atomic E-state index is 0.868. The van der Waals surface area contributed by atoms with E-state index in [1.54, 1.807) is 0 Å². The quantitative estimate of drug-likeness (QED) is 0.849. The monoisotopic (exact) mass is 284 g/mol. The van der Waals surface area contributed by atoms with E-state index in [9.17, 15) is 0 Å². The van der Waals surface area contributed by atoms with Crippen molar-refractivity contribution in [2.45, 2.75) is 57.8 Å². The molecule has 2 aromatic heterocycles. The minimum atomic E-state index is 0.868. The molecule has 0 unspecified atom stereocenters. The van der Waals surface area contributed by atoms with Crippen LogP contribution in [-0.4, -0.2) is 19.1 Å². The summed E-state index contributed by atoms with van der Waals surface area (Å²) >= 11 is 0. The number of rotatable bonds is 2. The molecule has 0 N–H and O–H groups in total. The van der Waals surface area contributed by atoms with Gasteiger partial charge in [-0.15, -0.1) is 0 Å². The zero-order valence-electron chi connectivity index (χ0n) is 13.2. The van der Waals surface area contributed by atoms with Crippen LogP contribution in [0.1, 0.15) is 60.1 Å². The Bertz CT molecular complexity index is 619. The average molecular weight is 284 g/mol. The predicted octanol–water partition coefficient (Wildman–Crippen LogP) is 2.50. The summed E-state index contributed by atoms with van der Waals surface area (Å²) in [5.41, 5.74) is 5.57. The van der Waals surface area contributed by atoms with Crippen LogP contribution in [0.2, 0.25) is 0 Å². The molecule has 2 aliphatic rings. The number of nitrogens with zero attached hydrogens (tertiary/aromatic N) is 4. The van der Waals surface area contributed by atoms with E-state index in [2.05, 4.69) is 23.2 Å². The molecule has 21 heavy (non-hydrogen) atoms. The van der Waals surface area contributed by atoms with E-state index in [-0.39, 0.29) is 0 Å². The molecule has 112 valence electrons. The summed E-state index contributed by atoms with van der Waals surface area (Å²) < 4.78 is 4.64. The Hall–Kier alpha value is -1.58. The number of hydrogen-bond donors (Lipinski definition) is 0. The van der Waals surface area contributed by atoms with Crippen molar-refractivity contribution in [3.05, 3.63) is 34.4 Å². The molecule has 0 fully saturated rings. The molecular weight excluding hydrogens is 260 g/mol. The standard InChI is InChI=1S/C17H24N4/c1-20-14-9-5-3-7-12(14)18-16(20)11-17-19-13-8-4-6-10-15(13)21(17)2/h3-11H2,1-2H3. The summed E-state index contributed by atoms with van der Waals surface area (Å²) in [7, 11) is 4.35. The minimum Gasteiger partial charge on any atom is -0.334 e. The van der Waals surface area contributed by atoms with Crippen molar-refractivity contribution < 1.29 is 0 Å². The molecule has 2 heterocycles. The van der Waals surface area contributed by atoms with Crippen LogP contribution in [0.5, 0.6) is 0 Å². The van der Waals surface area contributed by atoms with Crippen LogP contribution in [0.4, 0.5) is 0 Å². The van der Waals surface area contributed by atoms with Gasteiger partial charge in [0.2, 0.25) is 0 Å². The molecule has 2 aromatic rings. The van der Waals surface area contributed by atoms with Crippen LogP contribution in [0.25, 0.3) is 0 Å². The van der Waals surface area contributed by atoms with Gasteiger partial charge < -0.3 is 9.13 Å². The van der Waals surface area contributed by atoms with Crippen LogP contribution in [0.15, 0.2) is 0 Å². The third-order valence-electron chi connectivity index (χ3n) is 5.25. The second-order valence-electron chi connectivity index (χ2n) is 6.55. The maximum absolute atomic E-state index is 4.90. The van der Waals surface area contributed by atoms with Crippen LogP contribution < -0.4 is 0 Å². The van der Waals surface area contributed by atoms with Crippen LogP contribution in [0, 0.1) is 0 Å². The highest BCUT2D eigenvalue weighted by Gasteiger charge is 2.21. The largest absolute Gasteiger partial charge is 0.334 e. The number of aromatic nitrogens is 4. The Labute approximate surface area is 126 Å². The molecule has 4 nitrogen and oxygen atoms in total. The highest BCUT2D eigenvalue weighted by atomic mass is 15.1. The molecule has 0 spiro atoms. The lowest BCUT2D eigenvalue weighted by Gasteiger charge is -2.12. The van der Waals surface area contributed by atoms with Gasteiger partial charge in [-0.2, -0.15) is 0 Å². The molecule has 0 aliphatic heterocycles. The Morgan fingerprint density at radius 3 is 1.57 bits per heavy atom. The predicted molar refractivity (Wildman–Crippen MR) is 82.5 cm³/mol. The summed E-state index contributed by atoms with van der Waals surface area (Å²) in [5.74, 6) is 2.37. The molecule has 0 saturated carbocycles. The molecular formula is C17H24N4. The van der Waals surface area contributed by atoms with Gasteiger partial charge in [0.1, 0.15) is 11.6 Å². The van der Waals surface area contributed by atoms with Crippen molar-refractivity contribution in [3.63, 3.8) is 0 Å². The Morgan fingerprint density at radius 2 is 1.14 bits per heavy atom. The summed E-state index contributed by atoms with van der Waals surface area (Å²) in [6, 6.07) is 0. The van der Waals surface area contributed by atoms with E-state index in [0.717, 1.165) is 19.3 Å². The molecule has 0 aromatic carbocycles. The smallest absolute Gasteiger partial charge is 0.116 e. The molecule has 4 rings (SSSR count). The summed E-state index contributed by atoms with van der Waals surface area (Å²) in [6.07, 6.45) is 10.8. The molecule has 0 atom stereocenters. The van der Waals surface area contributed by atoms with Gasteiger partial charge in [-0.3, -0.25) is 0 Å². The Kier molecular flexibility index (Phi) is 3.12. The van der Waals surface area contributed by atoms with Crippen molar-refractivity contribution in [1.82, 2.24) is 19.1 Å².